The van der Waals surface area contributed by atoms with Crippen molar-refractivity contribution < 1.29 is 9.52 Å². The van der Waals surface area contributed by atoms with Gasteiger partial charge in [-0.1, -0.05) is 12.1 Å². The zero-order valence-corrected chi connectivity index (χ0v) is 12.8. The molecule has 0 bridgehead atoms. The summed E-state index contributed by atoms with van der Waals surface area (Å²) in [5.41, 5.74) is -0.0247. The van der Waals surface area contributed by atoms with E-state index in [1.54, 1.807) is 36.4 Å². The van der Waals surface area contributed by atoms with Gasteiger partial charge in [-0.05, 0) is 59.0 Å². The van der Waals surface area contributed by atoms with E-state index in [4.69, 9.17) is 4.42 Å². The normalized spacial score (nSPS) is 11.3. The molecule has 0 unspecified atom stereocenters. The first-order valence-electron chi connectivity index (χ1n) is 6.07. The third-order valence-electron chi connectivity index (χ3n) is 2.85. The molecule has 0 atom stereocenters. The molecule has 0 saturated carbocycles. The average Bonchev–Trinajstić information content (AvgIpc) is 2.49. The zero-order chi connectivity index (χ0) is 14.8. The molecule has 0 fully saturated rings. The molecule has 0 radical (unpaired) electrons. The molecule has 6 heteroatoms. The fraction of sp³-hybridized carbons (Fsp3) is 0. The number of azo groups is 1. The monoisotopic (exact) mass is 392 g/mol. The minimum Gasteiger partial charge on any atom is -0.505 e. The first kappa shape index (κ1) is 13.7. The first-order valence-corrected chi connectivity index (χ1v) is 7.15. The lowest BCUT2D eigenvalue weighted by Crippen LogP contribution is -1.98. The molecular weight excluding hydrogens is 383 g/mol. The van der Waals surface area contributed by atoms with Gasteiger partial charge in [0.2, 0.25) is 5.69 Å². The molecule has 2 aromatic carbocycles. The van der Waals surface area contributed by atoms with Crippen molar-refractivity contribution in [3.8, 4) is 5.75 Å². The van der Waals surface area contributed by atoms with Crippen LogP contribution in [0.25, 0.3) is 11.0 Å². The molecule has 0 aliphatic carbocycles. The predicted molar refractivity (Wildman–Crippen MR) is 87.5 cm³/mol. The van der Waals surface area contributed by atoms with Crippen LogP contribution in [-0.2, 0) is 0 Å². The summed E-state index contributed by atoms with van der Waals surface area (Å²) in [5, 5.41) is 18.3. The van der Waals surface area contributed by atoms with E-state index in [1.807, 2.05) is 12.1 Å². The maximum absolute atomic E-state index is 11.8. The molecule has 3 aromatic rings. The van der Waals surface area contributed by atoms with E-state index in [1.165, 1.54) is 0 Å². The Bertz CT molecular complexity index is 886. The Kier molecular flexibility index (Phi) is 3.70. The molecule has 0 aliphatic rings. The number of hydrogen-bond acceptors (Lipinski definition) is 5. The fourth-order valence-electron chi connectivity index (χ4n) is 1.83. The number of para-hydroxylation sites is 1. The average molecular weight is 392 g/mol. The highest BCUT2D eigenvalue weighted by Crippen LogP contribution is 2.32. The minimum absolute atomic E-state index is 0.202. The molecule has 1 aromatic heterocycles. The van der Waals surface area contributed by atoms with Gasteiger partial charge >= 0.3 is 5.63 Å². The second kappa shape index (κ2) is 5.65. The highest BCUT2D eigenvalue weighted by molar-refractivity contribution is 14.1. The van der Waals surface area contributed by atoms with Gasteiger partial charge in [0.15, 0.2) is 5.75 Å². The van der Waals surface area contributed by atoms with E-state index < -0.39 is 5.63 Å². The summed E-state index contributed by atoms with van der Waals surface area (Å²) in [6.45, 7) is 0. The van der Waals surface area contributed by atoms with Crippen LogP contribution in [-0.4, -0.2) is 5.11 Å². The van der Waals surface area contributed by atoms with Crippen LogP contribution >= 0.6 is 22.6 Å². The van der Waals surface area contributed by atoms with Gasteiger partial charge in [0.1, 0.15) is 5.58 Å². The highest BCUT2D eigenvalue weighted by atomic mass is 127. The lowest BCUT2D eigenvalue weighted by atomic mass is 10.2. The Morgan fingerprint density at radius 3 is 2.48 bits per heavy atom. The van der Waals surface area contributed by atoms with E-state index in [9.17, 15) is 9.90 Å². The SMILES string of the molecule is O=c1oc2ccccc2c(O)c1N=Nc1ccc(I)cc1. The number of rotatable bonds is 2. The van der Waals surface area contributed by atoms with Gasteiger partial charge in [-0.2, -0.15) is 5.11 Å². The number of fused-ring (bicyclic) bond motifs is 1. The van der Waals surface area contributed by atoms with Crippen LogP contribution < -0.4 is 5.63 Å². The smallest absolute Gasteiger partial charge is 0.368 e. The number of hydrogen-bond donors (Lipinski definition) is 1. The summed E-state index contributed by atoms with van der Waals surface area (Å²) in [4.78, 5) is 11.8. The minimum atomic E-state index is -0.722. The lowest BCUT2D eigenvalue weighted by Gasteiger charge is -2.01. The molecule has 5 nitrogen and oxygen atoms in total. The topological polar surface area (TPSA) is 75.2 Å². The first-order chi connectivity index (χ1) is 10.1. The fourth-order valence-corrected chi connectivity index (χ4v) is 2.19. The third kappa shape index (κ3) is 2.80. The van der Waals surface area contributed by atoms with Crippen molar-refractivity contribution >= 4 is 44.9 Å². The Morgan fingerprint density at radius 2 is 1.71 bits per heavy atom. The maximum atomic E-state index is 11.8. The second-order valence-corrected chi connectivity index (χ2v) is 5.50. The predicted octanol–water partition coefficient (Wildman–Crippen LogP) is 4.52. The molecule has 3 rings (SSSR count). The number of halogens is 1. The van der Waals surface area contributed by atoms with E-state index in [0.29, 0.717) is 16.7 Å². The van der Waals surface area contributed by atoms with E-state index in [0.717, 1.165) is 3.57 Å². The van der Waals surface area contributed by atoms with Gasteiger partial charge in [-0.3, -0.25) is 0 Å². The number of aromatic hydroxyl groups is 1. The van der Waals surface area contributed by atoms with Gasteiger partial charge in [-0.25, -0.2) is 4.79 Å². The Hall–Kier alpha value is -2.22. The highest BCUT2D eigenvalue weighted by Gasteiger charge is 2.13. The van der Waals surface area contributed by atoms with Crippen molar-refractivity contribution in [3.05, 3.63) is 62.5 Å². The van der Waals surface area contributed by atoms with Gasteiger partial charge in [-0.15, -0.1) is 5.11 Å². The molecule has 0 aliphatic heterocycles. The van der Waals surface area contributed by atoms with E-state index >= 15 is 0 Å². The van der Waals surface area contributed by atoms with Crippen LogP contribution in [0.15, 0.2) is 68.0 Å². The standard InChI is InChI=1S/C15H9IN2O3/c16-9-5-7-10(8-6-9)17-18-13-14(19)11-3-1-2-4-12(11)21-15(13)20/h1-8,19H. The molecule has 0 spiro atoms. The van der Waals surface area contributed by atoms with Gasteiger partial charge in [0.05, 0.1) is 11.1 Å². The molecule has 1 heterocycles. The van der Waals surface area contributed by atoms with Crippen LogP contribution in [0.2, 0.25) is 0 Å². The van der Waals surface area contributed by atoms with Crippen LogP contribution in [0.5, 0.6) is 5.75 Å². The Morgan fingerprint density at radius 1 is 1.00 bits per heavy atom. The van der Waals surface area contributed by atoms with Crippen molar-refractivity contribution in [2.24, 2.45) is 10.2 Å². The van der Waals surface area contributed by atoms with Crippen molar-refractivity contribution in [2.45, 2.75) is 0 Å². The summed E-state index contributed by atoms with van der Waals surface area (Å²) in [5.74, 6) is -0.226. The molecule has 21 heavy (non-hydrogen) atoms. The van der Waals surface area contributed by atoms with E-state index in [-0.39, 0.29) is 11.4 Å². The third-order valence-corrected chi connectivity index (χ3v) is 3.57. The summed E-state index contributed by atoms with van der Waals surface area (Å²) in [6, 6.07) is 14.0. The molecular formula is C15H9IN2O3. The second-order valence-electron chi connectivity index (χ2n) is 4.26. The lowest BCUT2D eigenvalue weighted by molar-refractivity contribution is 0.469. The van der Waals surface area contributed by atoms with Crippen molar-refractivity contribution in [3.63, 3.8) is 0 Å². The summed E-state index contributed by atoms with van der Waals surface area (Å²) in [6.07, 6.45) is 0. The quantitative estimate of drug-likeness (QED) is 0.396. The zero-order valence-electron chi connectivity index (χ0n) is 10.7. The van der Waals surface area contributed by atoms with Crippen LogP contribution in [0.3, 0.4) is 0 Å². The van der Waals surface area contributed by atoms with Crippen molar-refractivity contribution in [2.75, 3.05) is 0 Å². The Labute approximate surface area is 133 Å². The number of nitrogens with zero attached hydrogens (tertiary/aromatic N) is 2. The Balaban J connectivity index is 2.08. The largest absolute Gasteiger partial charge is 0.505 e. The molecule has 104 valence electrons. The van der Waals surface area contributed by atoms with Crippen LogP contribution in [0.1, 0.15) is 0 Å². The van der Waals surface area contributed by atoms with Crippen LogP contribution in [0.4, 0.5) is 11.4 Å². The molecule has 0 amide bonds. The van der Waals surface area contributed by atoms with Crippen molar-refractivity contribution in [1.82, 2.24) is 0 Å². The summed E-state index contributed by atoms with van der Waals surface area (Å²) in [7, 11) is 0. The van der Waals surface area contributed by atoms with E-state index in [2.05, 4.69) is 32.8 Å². The summed E-state index contributed by atoms with van der Waals surface area (Å²) >= 11 is 2.18. The molecule has 1 N–H and O–H groups in total. The van der Waals surface area contributed by atoms with Gasteiger partial charge in [0, 0.05) is 3.57 Å². The maximum Gasteiger partial charge on any atom is 0.368 e. The van der Waals surface area contributed by atoms with Gasteiger partial charge in [0.25, 0.3) is 0 Å². The number of benzene rings is 2. The van der Waals surface area contributed by atoms with Crippen LogP contribution in [0, 0.1) is 3.57 Å². The molecule has 0 saturated heterocycles. The van der Waals surface area contributed by atoms with Crippen molar-refractivity contribution in [1.29, 1.82) is 0 Å². The van der Waals surface area contributed by atoms with Gasteiger partial charge < -0.3 is 9.52 Å². The summed E-state index contributed by atoms with van der Waals surface area (Å²) < 4.78 is 6.18.